The minimum Gasteiger partial charge on any atom is -0.508 e. The fourth-order valence-electron chi connectivity index (χ4n) is 1.28. The van der Waals surface area contributed by atoms with Crippen molar-refractivity contribution in [2.75, 3.05) is 5.88 Å². The number of hydrogen-bond donors (Lipinski definition) is 2. The van der Waals surface area contributed by atoms with Crippen LogP contribution in [0.1, 0.15) is 22.3 Å². The lowest BCUT2D eigenvalue weighted by Gasteiger charge is -2.06. The Bertz CT molecular complexity index is 336. The summed E-state index contributed by atoms with van der Waals surface area (Å²) in [6, 6.07) is 4.48. The van der Waals surface area contributed by atoms with Crippen molar-refractivity contribution in [3.05, 3.63) is 29.3 Å². The zero-order valence-corrected chi connectivity index (χ0v) is 8.29. The molecule has 1 aromatic carbocycles. The van der Waals surface area contributed by atoms with Crippen molar-refractivity contribution in [1.29, 1.82) is 0 Å². The molecule has 0 aliphatic rings. The number of alkyl halides is 1. The SMILES string of the molecule is O=C(O)c1cccc(O)c1CCCCl. The molecular weight excluding hydrogens is 204 g/mol. The summed E-state index contributed by atoms with van der Waals surface area (Å²) in [6.45, 7) is 0. The number of phenols is 1. The van der Waals surface area contributed by atoms with Gasteiger partial charge >= 0.3 is 5.97 Å². The Morgan fingerprint density at radius 1 is 1.43 bits per heavy atom. The monoisotopic (exact) mass is 214 g/mol. The average molecular weight is 215 g/mol. The van der Waals surface area contributed by atoms with Crippen molar-refractivity contribution in [1.82, 2.24) is 0 Å². The van der Waals surface area contributed by atoms with Crippen molar-refractivity contribution in [3.8, 4) is 5.75 Å². The molecule has 1 rings (SSSR count). The van der Waals surface area contributed by atoms with Crippen molar-refractivity contribution >= 4 is 17.6 Å². The molecule has 0 fully saturated rings. The van der Waals surface area contributed by atoms with Crippen LogP contribution in [0, 0.1) is 0 Å². The summed E-state index contributed by atoms with van der Waals surface area (Å²) in [6.07, 6.45) is 1.14. The third-order valence-electron chi connectivity index (χ3n) is 1.94. The molecule has 0 atom stereocenters. The first-order chi connectivity index (χ1) is 6.66. The van der Waals surface area contributed by atoms with E-state index in [1.54, 1.807) is 0 Å². The van der Waals surface area contributed by atoms with Crippen LogP contribution in [0.5, 0.6) is 5.75 Å². The Kier molecular flexibility index (Phi) is 3.77. The van der Waals surface area contributed by atoms with Crippen molar-refractivity contribution in [3.63, 3.8) is 0 Å². The fourth-order valence-corrected chi connectivity index (χ4v) is 1.41. The van der Waals surface area contributed by atoms with Gasteiger partial charge in [0.25, 0.3) is 0 Å². The van der Waals surface area contributed by atoms with Crippen LogP contribution in [0.15, 0.2) is 18.2 Å². The van der Waals surface area contributed by atoms with E-state index in [1.807, 2.05) is 0 Å². The molecule has 0 spiro atoms. The van der Waals surface area contributed by atoms with Gasteiger partial charge in [-0.05, 0) is 25.0 Å². The number of aromatic hydroxyl groups is 1. The predicted molar refractivity (Wildman–Crippen MR) is 54.1 cm³/mol. The van der Waals surface area contributed by atoms with E-state index in [4.69, 9.17) is 16.7 Å². The average Bonchev–Trinajstić information content (AvgIpc) is 2.15. The molecule has 4 heteroatoms. The lowest BCUT2D eigenvalue weighted by atomic mass is 10.0. The van der Waals surface area contributed by atoms with Gasteiger partial charge in [-0.3, -0.25) is 0 Å². The maximum absolute atomic E-state index is 10.8. The molecule has 2 N–H and O–H groups in total. The van der Waals surface area contributed by atoms with Crippen LogP contribution in [0.25, 0.3) is 0 Å². The minimum absolute atomic E-state index is 0.0232. The highest BCUT2D eigenvalue weighted by Gasteiger charge is 2.12. The molecule has 0 bridgehead atoms. The molecule has 1 aromatic rings. The van der Waals surface area contributed by atoms with E-state index in [0.29, 0.717) is 24.3 Å². The van der Waals surface area contributed by atoms with Gasteiger partial charge in [0.1, 0.15) is 5.75 Å². The smallest absolute Gasteiger partial charge is 0.336 e. The number of carbonyl (C=O) groups is 1. The van der Waals surface area contributed by atoms with Crippen LogP contribution in [0.3, 0.4) is 0 Å². The largest absolute Gasteiger partial charge is 0.508 e. The van der Waals surface area contributed by atoms with Gasteiger partial charge < -0.3 is 10.2 Å². The van der Waals surface area contributed by atoms with E-state index in [2.05, 4.69) is 0 Å². The number of phenolic OH excluding ortho intramolecular Hbond substituents is 1. The number of halogens is 1. The van der Waals surface area contributed by atoms with E-state index in [-0.39, 0.29) is 11.3 Å². The third-order valence-corrected chi connectivity index (χ3v) is 2.21. The number of benzene rings is 1. The number of hydrogen-bond acceptors (Lipinski definition) is 2. The summed E-state index contributed by atoms with van der Waals surface area (Å²) in [7, 11) is 0. The molecule has 3 nitrogen and oxygen atoms in total. The second-order valence-electron chi connectivity index (χ2n) is 2.90. The molecule has 0 amide bonds. The number of rotatable bonds is 4. The van der Waals surface area contributed by atoms with Crippen LogP contribution < -0.4 is 0 Å². The van der Waals surface area contributed by atoms with Crippen molar-refractivity contribution < 1.29 is 15.0 Å². The molecule has 0 aliphatic heterocycles. The van der Waals surface area contributed by atoms with Crippen LogP contribution >= 0.6 is 11.6 Å². The van der Waals surface area contributed by atoms with Gasteiger partial charge in [0, 0.05) is 11.4 Å². The summed E-state index contributed by atoms with van der Waals surface area (Å²) >= 11 is 5.51. The fraction of sp³-hybridized carbons (Fsp3) is 0.300. The first-order valence-electron chi connectivity index (χ1n) is 4.27. The number of carboxylic acids is 1. The van der Waals surface area contributed by atoms with Gasteiger partial charge in [0.15, 0.2) is 0 Å². The van der Waals surface area contributed by atoms with Crippen LogP contribution in [-0.4, -0.2) is 22.1 Å². The highest BCUT2D eigenvalue weighted by atomic mass is 35.5. The predicted octanol–water partition coefficient (Wildman–Crippen LogP) is 2.26. The minimum atomic E-state index is -1.02. The van der Waals surface area contributed by atoms with Crippen molar-refractivity contribution in [2.45, 2.75) is 12.8 Å². The van der Waals surface area contributed by atoms with Gasteiger partial charge in [-0.15, -0.1) is 11.6 Å². The molecule has 0 unspecified atom stereocenters. The van der Waals surface area contributed by atoms with E-state index >= 15 is 0 Å². The Hall–Kier alpha value is -1.22. The van der Waals surface area contributed by atoms with Gasteiger partial charge in [0.05, 0.1) is 5.56 Å². The van der Waals surface area contributed by atoms with E-state index in [1.165, 1.54) is 18.2 Å². The van der Waals surface area contributed by atoms with Gasteiger partial charge in [-0.2, -0.15) is 0 Å². The molecule has 0 radical (unpaired) electrons. The van der Waals surface area contributed by atoms with E-state index < -0.39 is 5.97 Å². The third kappa shape index (κ3) is 2.39. The maximum atomic E-state index is 10.8. The molecule has 14 heavy (non-hydrogen) atoms. The van der Waals surface area contributed by atoms with Crippen LogP contribution in [0.2, 0.25) is 0 Å². The first kappa shape index (κ1) is 10.9. The molecule has 0 saturated heterocycles. The second-order valence-corrected chi connectivity index (χ2v) is 3.28. The van der Waals surface area contributed by atoms with Gasteiger partial charge in [0.2, 0.25) is 0 Å². The molecule has 0 aliphatic carbocycles. The number of carboxylic acid groups (broad SMARTS) is 1. The standard InChI is InChI=1S/C10H11ClO3/c11-6-2-4-7-8(10(13)14)3-1-5-9(7)12/h1,3,5,12H,2,4,6H2,(H,13,14). The highest BCUT2D eigenvalue weighted by molar-refractivity contribution is 6.17. The molecule has 0 heterocycles. The molecule has 0 aromatic heterocycles. The van der Waals surface area contributed by atoms with Crippen molar-refractivity contribution in [2.24, 2.45) is 0 Å². The summed E-state index contributed by atoms with van der Waals surface area (Å²) < 4.78 is 0. The van der Waals surface area contributed by atoms with Gasteiger partial charge in [-0.25, -0.2) is 4.79 Å². The maximum Gasteiger partial charge on any atom is 0.336 e. The Morgan fingerprint density at radius 2 is 2.14 bits per heavy atom. The molecular formula is C10H11ClO3. The van der Waals surface area contributed by atoms with Crippen LogP contribution in [-0.2, 0) is 6.42 Å². The lowest BCUT2D eigenvalue weighted by Crippen LogP contribution is -2.02. The lowest BCUT2D eigenvalue weighted by molar-refractivity contribution is 0.0695. The summed E-state index contributed by atoms with van der Waals surface area (Å²) in [5, 5.41) is 18.3. The quantitative estimate of drug-likeness (QED) is 0.756. The normalized spacial score (nSPS) is 10.1. The topological polar surface area (TPSA) is 57.5 Å². The Morgan fingerprint density at radius 3 is 2.71 bits per heavy atom. The first-order valence-corrected chi connectivity index (χ1v) is 4.80. The Labute approximate surface area is 86.9 Å². The zero-order valence-electron chi connectivity index (χ0n) is 7.53. The summed E-state index contributed by atoms with van der Waals surface area (Å²) in [5.41, 5.74) is 0.607. The highest BCUT2D eigenvalue weighted by Crippen LogP contribution is 2.22. The molecule has 76 valence electrons. The number of aromatic carboxylic acids is 1. The van der Waals surface area contributed by atoms with E-state index in [0.717, 1.165) is 0 Å². The molecule has 0 saturated carbocycles. The second kappa shape index (κ2) is 4.86. The summed E-state index contributed by atoms with van der Waals surface area (Å²) in [4.78, 5) is 10.8. The van der Waals surface area contributed by atoms with Crippen LogP contribution in [0.4, 0.5) is 0 Å². The van der Waals surface area contributed by atoms with E-state index in [9.17, 15) is 9.90 Å². The zero-order chi connectivity index (χ0) is 10.6. The van der Waals surface area contributed by atoms with Gasteiger partial charge in [-0.1, -0.05) is 6.07 Å². The summed E-state index contributed by atoms with van der Waals surface area (Å²) in [5.74, 6) is -0.548. The Balaban J connectivity index is 3.02.